The molecule has 2 amide bonds. The van der Waals surface area contributed by atoms with Crippen molar-refractivity contribution < 1.29 is 14.4 Å². The number of hydrogen-bond donors (Lipinski definition) is 1. The van der Waals surface area contributed by atoms with Gasteiger partial charge in [0, 0.05) is 50.6 Å². The zero-order valence-corrected chi connectivity index (χ0v) is 16.4. The first-order valence-electron chi connectivity index (χ1n) is 10.5. The zero-order chi connectivity index (χ0) is 19.5. The number of aryl methyl sites for hydroxylation is 2. The molecule has 3 aliphatic rings. The standard InChI is InChI=1S/C22H29N3O3/c26-20(18-5-4-16-2-1-3-17(16)14-18)8-9-22(28)25-12-10-24(11-13-25)15-21(27)23-19-6-7-19/h4-5,14,19H,1-3,6-13,15H2,(H,23,27). The van der Waals surface area contributed by atoms with Crippen molar-refractivity contribution in [3.63, 3.8) is 0 Å². The minimum atomic E-state index is 0.0385. The number of amides is 2. The zero-order valence-electron chi connectivity index (χ0n) is 16.4. The molecule has 0 bridgehead atoms. The minimum absolute atomic E-state index is 0.0385. The van der Waals surface area contributed by atoms with E-state index in [1.807, 2.05) is 17.0 Å². The van der Waals surface area contributed by atoms with Gasteiger partial charge in [0.1, 0.15) is 0 Å². The molecule has 1 saturated carbocycles. The maximum atomic E-state index is 12.5. The molecule has 0 atom stereocenters. The number of ketones is 1. The van der Waals surface area contributed by atoms with E-state index in [2.05, 4.69) is 16.3 Å². The second-order valence-corrected chi connectivity index (χ2v) is 8.26. The Bertz CT molecular complexity index is 764. The van der Waals surface area contributed by atoms with Gasteiger partial charge in [-0.25, -0.2) is 0 Å². The summed E-state index contributed by atoms with van der Waals surface area (Å²) in [5.41, 5.74) is 3.38. The number of nitrogens with zero attached hydrogens (tertiary/aromatic N) is 2. The Balaban J connectivity index is 1.19. The van der Waals surface area contributed by atoms with Crippen LogP contribution in [0.5, 0.6) is 0 Å². The number of piperazine rings is 1. The van der Waals surface area contributed by atoms with Gasteiger partial charge in [-0.15, -0.1) is 0 Å². The fourth-order valence-electron chi connectivity index (χ4n) is 4.13. The fourth-order valence-corrected chi connectivity index (χ4v) is 4.13. The molecule has 2 aliphatic carbocycles. The maximum Gasteiger partial charge on any atom is 0.234 e. The number of carbonyl (C=O) groups excluding carboxylic acids is 3. The van der Waals surface area contributed by atoms with Gasteiger partial charge < -0.3 is 10.2 Å². The molecule has 28 heavy (non-hydrogen) atoms. The molecule has 1 aromatic carbocycles. The van der Waals surface area contributed by atoms with Crippen LogP contribution in [0.1, 0.15) is 53.6 Å². The monoisotopic (exact) mass is 383 g/mol. The van der Waals surface area contributed by atoms with Crippen LogP contribution in [0.4, 0.5) is 0 Å². The van der Waals surface area contributed by atoms with Crippen LogP contribution < -0.4 is 5.32 Å². The summed E-state index contributed by atoms with van der Waals surface area (Å²) in [7, 11) is 0. The molecule has 0 unspecified atom stereocenters. The normalized spacial score (nSPS) is 19.4. The summed E-state index contributed by atoms with van der Waals surface area (Å²) < 4.78 is 0. The second kappa shape index (κ2) is 8.43. The predicted octanol–water partition coefficient (Wildman–Crippen LogP) is 1.56. The van der Waals surface area contributed by atoms with Gasteiger partial charge in [0.25, 0.3) is 0 Å². The topological polar surface area (TPSA) is 69.7 Å². The largest absolute Gasteiger partial charge is 0.352 e. The van der Waals surface area contributed by atoms with E-state index in [9.17, 15) is 14.4 Å². The van der Waals surface area contributed by atoms with Crippen molar-refractivity contribution in [3.8, 4) is 0 Å². The lowest BCUT2D eigenvalue weighted by molar-refractivity contribution is -0.133. The molecule has 1 N–H and O–H groups in total. The highest BCUT2D eigenvalue weighted by atomic mass is 16.2. The lowest BCUT2D eigenvalue weighted by Crippen LogP contribution is -2.51. The molecule has 2 fully saturated rings. The summed E-state index contributed by atoms with van der Waals surface area (Å²) >= 11 is 0. The Labute approximate surface area is 166 Å². The second-order valence-electron chi connectivity index (χ2n) is 8.26. The number of hydrogen-bond acceptors (Lipinski definition) is 4. The molecular formula is C22H29N3O3. The van der Waals surface area contributed by atoms with Crippen LogP contribution in [0, 0.1) is 0 Å². The highest BCUT2D eigenvalue weighted by molar-refractivity contribution is 5.98. The molecule has 1 heterocycles. The van der Waals surface area contributed by atoms with Crippen molar-refractivity contribution in [1.29, 1.82) is 0 Å². The fraction of sp³-hybridized carbons (Fsp3) is 0.591. The summed E-state index contributed by atoms with van der Waals surface area (Å²) in [5, 5.41) is 3.00. The molecule has 1 aliphatic heterocycles. The van der Waals surface area contributed by atoms with E-state index in [1.165, 1.54) is 17.5 Å². The van der Waals surface area contributed by atoms with Crippen LogP contribution in [0.3, 0.4) is 0 Å². The first kappa shape index (κ1) is 19.1. The van der Waals surface area contributed by atoms with Crippen LogP contribution in [0.2, 0.25) is 0 Å². The van der Waals surface area contributed by atoms with Crippen LogP contribution in [-0.4, -0.2) is 66.2 Å². The number of carbonyl (C=O) groups is 3. The molecule has 6 nitrogen and oxygen atoms in total. The van der Waals surface area contributed by atoms with Gasteiger partial charge in [-0.1, -0.05) is 12.1 Å². The average Bonchev–Trinajstić information content (AvgIpc) is 3.38. The lowest BCUT2D eigenvalue weighted by Gasteiger charge is -2.34. The molecule has 150 valence electrons. The summed E-state index contributed by atoms with van der Waals surface area (Å²) in [4.78, 5) is 40.8. The molecule has 4 rings (SSSR count). The Kier molecular flexibility index (Phi) is 5.76. The van der Waals surface area contributed by atoms with Gasteiger partial charge in [0.2, 0.25) is 11.8 Å². The van der Waals surface area contributed by atoms with E-state index < -0.39 is 0 Å². The number of nitrogens with one attached hydrogen (secondary N) is 1. The number of fused-ring (bicyclic) bond motifs is 1. The maximum absolute atomic E-state index is 12.5. The summed E-state index contributed by atoms with van der Waals surface area (Å²) in [6.07, 6.45) is 6.05. The van der Waals surface area contributed by atoms with Crippen molar-refractivity contribution in [1.82, 2.24) is 15.1 Å². The van der Waals surface area contributed by atoms with Gasteiger partial charge in [-0.3, -0.25) is 19.3 Å². The number of benzene rings is 1. The molecule has 1 saturated heterocycles. The smallest absolute Gasteiger partial charge is 0.234 e. The predicted molar refractivity (Wildman–Crippen MR) is 106 cm³/mol. The summed E-state index contributed by atoms with van der Waals surface area (Å²) in [6, 6.07) is 6.37. The van der Waals surface area contributed by atoms with E-state index in [4.69, 9.17) is 0 Å². The van der Waals surface area contributed by atoms with Gasteiger partial charge in [-0.05, 0) is 49.3 Å². The van der Waals surface area contributed by atoms with Crippen molar-refractivity contribution in [3.05, 3.63) is 34.9 Å². The third kappa shape index (κ3) is 4.79. The van der Waals surface area contributed by atoms with E-state index in [0.717, 1.165) is 31.2 Å². The van der Waals surface area contributed by atoms with Crippen molar-refractivity contribution in [2.24, 2.45) is 0 Å². The van der Waals surface area contributed by atoms with Crippen molar-refractivity contribution in [2.75, 3.05) is 32.7 Å². The lowest BCUT2D eigenvalue weighted by atomic mass is 10.0. The SMILES string of the molecule is O=C(CN1CCN(C(=O)CCC(=O)c2ccc3c(c2)CCC3)CC1)NC1CC1. The molecule has 0 radical (unpaired) electrons. The first-order valence-corrected chi connectivity index (χ1v) is 10.5. The van der Waals surface area contributed by atoms with Crippen LogP contribution in [0.15, 0.2) is 18.2 Å². The van der Waals surface area contributed by atoms with Crippen molar-refractivity contribution >= 4 is 17.6 Å². The Morgan fingerprint density at radius 2 is 1.71 bits per heavy atom. The first-order chi connectivity index (χ1) is 13.6. The van der Waals surface area contributed by atoms with Gasteiger partial charge in [0.05, 0.1) is 6.54 Å². The third-order valence-electron chi connectivity index (χ3n) is 6.02. The van der Waals surface area contributed by atoms with E-state index in [1.54, 1.807) is 0 Å². The Hall–Kier alpha value is -2.21. The number of Topliss-reactive ketones (excluding diaryl/α,β-unsaturated/α-hetero) is 1. The highest BCUT2D eigenvalue weighted by Gasteiger charge is 2.26. The molecular weight excluding hydrogens is 354 g/mol. The third-order valence-corrected chi connectivity index (χ3v) is 6.02. The molecule has 6 heteroatoms. The quantitative estimate of drug-likeness (QED) is 0.726. The molecule has 0 spiro atoms. The molecule has 0 aromatic heterocycles. The summed E-state index contributed by atoms with van der Waals surface area (Å²) in [6.45, 7) is 3.09. The van der Waals surface area contributed by atoms with Crippen LogP contribution in [0.25, 0.3) is 0 Å². The Morgan fingerprint density at radius 3 is 2.46 bits per heavy atom. The van der Waals surface area contributed by atoms with Gasteiger partial charge in [-0.2, -0.15) is 0 Å². The van der Waals surface area contributed by atoms with Gasteiger partial charge in [0.15, 0.2) is 5.78 Å². The van der Waals surface area contributed by atoms with Crippen LogP contribution >= 0.6 is 0 Å². The molecule has 1 aromatic rings. The van der Waals surface area contributed by atoms with Gasteiger partial charge >= 0.3 is 0 Å². The van der Waals surface area contributed by atoms with Crippen LogP contribution in [-0.2, 0) is 22.4 Å². The Morgan fingerprint density at radius 1 is 0.964 bits per heavy atom. The highest BCUT2D eigenvalue weighted by Crippen LogP contribution is 2.23. The summed E-state index contributed by atoms with van der Waals surface area (Å²) in [5.74, 6) is 0.178. The van der Waals surface area contributed by atoms with E-state index in [-0.39, 0.29) is 30.4 Å². The van der Waals surface area contributed by atoms with E-state index in [0.29, 0.717) is 38.8 Å². The van der Waals surface area contributed by atoms with Crippen molar-refractivity contribution in [2.45, 2.75) is 51.0 Å². The average molecular weight is 383 g/mol. The van der Waals surface area contributed by atoms with E-state index >= 15 is 0 Å². The minimum Gasteiger partial charge on any atom is -0.352 e. The number of rotatable bonds is 7.